The molecule has 4 atom stereocenters. The minimum Gasteiger partial charge on any atom is -0.369 e. The summed E-state index contributed by atoms with van der Waals surface area (Å²) in [7, 11) is -2.39. The van der Waals surface area contributed by atoms with Gasteiger partial charge in [-0.3, -0.25) is 23.8 Å². The Balaban J connectivity index is 1.20. The number of aliphatic hydroxyl groups excluding tert-OH is 1. The third kappa shape index (κ3) is 7.44. The van der Waals surface area contributed by atoms with Crippen LogP contribution in [0.15, 0.2) is 83.9 Å². The summed E-state index contributed by atoms with van der Waals surface area (Å²) in [6, 6.07) is 18.9. The van der Waals surface area contributed by atoms with Crippen molar-refractivity contribution < 1.29 is 44.7 Å². The lowest BCUT2D eigenvalue weighted by molar-refractivity contribution is -0.122. The standard InChI is InChI=1S/C42H35ClF6N8O4S/c1-55-36-31(11-10-28(43)34(36)39(53-55)54-62(2,60)61)57-40(51-29-15-21(8-9-25(29)41(57)59)12-20-6-4-3-5-7-20)30(16-22-13-23(44)17-24(45)14-22)50-32(58)19-56-37-33(35(52-56)38(46)47)26-18-27(26)42(37,48)49/h3-11,13-15,17,26-27,30,38,41,59H,12,16,18-19H2,1-2H3,(H,50,58)(H,53,54)/t26-,27+,30-,41?/m0/s1. The molecule has 1 aliphatic heterocycles. The molecule has 12 nitrogen and oxygen atoms in total. The number of amides is 1. The second kappa shape index (κ2) is 15.2. The molecule has 1 fully saturated rings. The first kappa shape index (κ1) is 41.4. The number of nitrogens with one attached hydrogen (secondary N) is 2. The highest BCUT2D eigenvalue weighted by Gasteiger charge is 2.67. The van der Waals surface area contributed by atoms with Gasteiger partial charge in [-0.25, -0.2) is 31.0 Å². The molecule has 1 saturated carbocycles. The molecule has 62 heavy (non-hydrogen) atoms. The molecule has 6 aromatic rings. The minimum atomic E-state index is -3.88. The average Bonchev–Trinajstić information content (AvgIpc) is 3.73. The van der Waals surface area contributed by atoms with E-state index in [-0.39, 0.29) is 56.5 Å². The van der Waals surface area contributed by atoms with Gasteiger partial charge < -0.3 is 10.4 Å². The predicted molar refractivity (Wildman–Crippen MR) is 218 cm³/mol. The van der Waals surface area contributed by atoms with E-state index in [1.807, 2.05) is 30.3 Å². The van der Waals surface area contributed by atoms with E-state index in [0.29, 0.717) is 22.7 Å². The van der Waals surface area contributed by atoms with Crippen LogP contribution in [0.25, 0.3) is 10.9 Å². The fourth-order valence-corrected chi connectivity index (χ4v) is 9.45. The van der Waals surface area contributed by atoms with Gasteiger partial charge in [0.2, 0.25) is 15.9 Å². The van der Waals surface area contributed by atoms with Crippen molar-refractivity contribution in [1.82, 2.24) is 24.9 Å². The summed E-state index contributed by atoms with van der Waals surface area (Å²) in [6.45, 7) is -0.945. The molecule has 9 rings (SSSR count). The molecule has 1 unspecified atom stereocenters. The normalized spacial score (nSPS) is 19.2. The Morgan fingerprint density at radius 3 is 2.40 bits per heavy atom. The summed E-state index contributed by atoms with van der Waals surface area (Å²) in [4.78, 5) is 20.4. The zero-order valence-corrected chi connectivity index (χ0v) is 34.2. The molecule has 0 radical (unpaired) electrons. The van der Waals surface area contributed by atoms with Gasteiger partial charge in [0.15, 0.2) is 12.0 Å². The number of aliphatic imine (C=N–C) groups is 1. The molecule has 322 valence electrons. The first-order chi connectivity index (χ1) is 29.4. The Labute approximate surface area is 354 Å². The number of rotatable bonds is 12. The fourth-order valence-electron chi connectivity index (χ4n) is 8.71. The molecule has 4 aromatic carbocycles. The first-order valence-corrected chi connectivity index (χ1v) is 21.5. The topological polar surface area (TPSA) is 147 Å². The summed E-state index contributed by atoms with van der Waals surface area (Å²) in [6.07, 6.45) is -3.79. The van der Waals surface area contributed by atoms with Crippen LogP contribution in [0.1, 0.15) is 64.2 Å². The number of halogens is 7. The average molecular weight is 897 g/mol. The highest BCUT2D eigenvalue weighted by Crippen LogP contribution is 2.68. The molecule has 3 aliphatic rings. The third-order valence-corrected chi connectivity index (χ3v) is 12.2. The lowest BCUT2D eigenvalue weighted by atomic mass is 9.97. The highest BCUT2D eigenvalue weighted by atomic mass is 35.5. The molecule has 2 aromatic heterocycles. The zero-order chi connectivity index (χ0) is 44.0. The molecule has 0 saturated heterocycles. The number of aryl methyl sites for hydroxylation is 1. The van der Waals surface area contributed by atoms with Gasteiger partial charge in [-0.1, -0.05) is 54.1 Å². The van der Waals surface area contributed by atoms with Crippen LogP contribution in [0, 0.1) is 17.6 Å². The van der Waals surface area contributed by atoms with Crippen LogP contribution in [-0.4, -0.2) is 57.1 Å². The van der Waals surface area contributed by atoms with E-state index >= 15 is 8.78 Å². The van der Waals surface area contributed by atoms with E-state index < -0.39 is 88.4 Å². The van der Waals surface area contributed by atoms with Crippen molar-refractivity contribution in [3.8, 4) is 0 Å². The number of anilines is 2. The molecule has 3 heterocycles. The van der Waals surface area contributed by atoms with E-state index in [9.17, 15) is 35.9 Å². The zero-order valence-electron chi connectivity index (χ0n) is 32.6. The summed E-state index contributed by atoms with van der Waals surface area (Å²) < 4.78 is 118. The van der Waals surface area contributed by atoms with Crippen molar-refractivity contribution >= 4 is 61.5 Å². The SMILES string of the molecule is Cn1nc(NS(C)(=O)=O)c2c(Cl)ccc(N3C([C@H](Cc4cc(F)cc(F)c4)NC(=O)Cn4nc(C(F)F)c5c4C(F)(F)[C@@H]4C[C@H]54)=Nc4cc(Cc5ccccc5)ccc4C3O)c21. The number of alkyl halides is 4. The molecule has 0 bridgehead atoms. The quantitative estimate of drug-likeness (QED) is 0.106. The molecular formula is C42H35ClF6N8O4S. The molecule has 20 heteroatoms. The smallest absolute Gasteiger partial charge is 0.293 e. The Morgan fingerprint density at radius 1 is 0.984 bits per heavy atom. The van der Waals surface area contributed by atoms with Crippen molar-refractivity contribution in [2.75, 3.05) is 15.9 Å². The Morgan fingerprint density at radius 2 is 1.71 bits per heavy atom. The summed E-state index contributed by atoms with van der Waals surface area (Å²) in [5, 5.41) is 23.5. The van der Waals surface area contributed by atoms with Crippen molar-refractivity contribution in [2.45, 2.75) is 56.3 Å². The van der Waals surface area contributed by atoms with Crippen molar-refractivity contribution in [3.05, 3.63) is 135 Å². The van der Waals surface area contributed by atoms with Gasteiger partial charge >= 0.3 is 0 Å². The van der Waals surface area contributed by atoms with Gasteiger partial charge in [0.05, 0.1) is 39.6 Å². The number of carbonyl (C=O) groups excluding carboxylic acids is 1. The maximum Gasteiger partial charge on any atom is 0.293 e. The van der Waals surface area contributed by atoms with E-state index in [2.05, 4.69) is 20.2 Å². The second-order valence-electron chi connectivity index (χ2n) is 15.7. The van der Waals surface area contributed by atoms with Crippen LogP contribution in [0.3, 0.4) is 0 Å². The second-order valence-corrected chi connectivity index (χ2v) is 17.8. The summed E-state index contributed by atoms with van der Waals surface area (Å²) in [5.41, 5.74) is 0.775. The number of benzene rings is 4. The summed E-state index contributed by atoms with van der Waals surface area (Å²) in [5.74, 6) is -8.68. The number of aliphatic hydroxyl groups is 1. The Kier molecular flexibility index (Phi) is 10.1. The van der Waals surface area contributed by atoms with Crippen molar-refractivity contribution in [2.24, 2.45) is 18.0 Å². The van der Waals surface area contributed by atoms with Gasteiger partial charge in [0.25, 0.3) is 12.3 Å². The first-order valence-electron chi connectivity index (χ1n) is 19.2. The van der Waals surface area contributed by atoms with Gasteiger partial charge in [0, 0.05) is 36.6 Å². The van der Waals surface area contributed by atoms with Crippen LogP contribution < -0.4 is 14.9 Å². The largest absolute Gasteiger partial charge is 0.369 e. The fraction of sp³-hybridized carbons (Fsp3) is 0.286. The monoisotopic (exact) mass is 896 g/mol. The van der Waals surface area contributed by atoms with Gasteiger partial charge in [-0.2, -0.15) is 19.0 Å². The van der Waals surface area contributed by atoms with Gasteiger partial charge in [0.1, 0.15) is 35.4 Å². The third-order valence-electron chi connectivity index (χ3n) is 11.3. The van der Waals surface area contributed by atoms with Crippen LogP contribution >= 0.6 is 11.6 Å². The number of sulfonamides is 1. The van der Waals surface area contributed by atoms with E-state index in [4.69, 9.17) is 16.6 Å². The lowest BCUT2D eigenvalue weighted by Crippen LogP contribution is -2.53. The number of carbonyl (C=O) groups is 1. The van der Waals surface area contributed by atoms with Crippen LogP contribution in [0.2, 0.25) is 5.02 Å². The Bertz CT molecular complexity index is 2920. The van der Waals surface area contributed by atoms with Crippen molar-refractivity contribution in [3.63, 3.8) is 0 Å². The Hall–Kier alpha value is -5.92. The van der Waals surface area contributed by atoms with Gasteiger partial charge in [-0.05, 0) is 65.8 Å². The van der Waals surface area contributed by atoms with Gasteiger partial charge in [-0.15, -0.1) is 0 Å². The number of aromatic nitrogens is 4. The maximum atomic E-state index is 15.5. The molecule has 1 amide bonds. The number of amidine groups is 1. The lowest BCUT2D eigenvalue weighted by Gasteiger charge is -2.39. The number of nitrogens with zero attached hydrogens (tertiary/aromatic N) is 6. The molecule has 0 spiro atoms. The number of hydrogen-bond donors (Lipinski definition) is 3. The van der Waals surface area contributed by atoms with E-state index in [1.54, 1.807) is 18.2 Å². The van der Waals surface area contributed by atoms with Crippen molar-refractivity contribution in [1.29, 1.82) is 0 Å². The highest BCUT2D eigenvalue weighted by molar-refractivity contribution is 7.92. The maximum absolute atomic E-state index is 15.5. The molecule has 3 N–H and O–H groups in total. The van der Waals surface area contributed by atoms with Crippen LogP contribution in [-0.2, 0) is 47.2 Å². The van der Waals surface area contributed by atoms with Crippen LogP contribution in [0.4, 0.5) is 43.5 Å². The minimum absolute atomic E-state index is 0.0108. The molecular weight excluding hydrogens is 862 g/mol. The van der Waals surface area contributed by atoms with Crippen LogP contribution in [0.5, 0.6) is 0 Å². The van der Waals surface area contributed by atoms with E-state index in [0.717, 1.165) is 29.5 Å². The predicted octanol–water partition coefficient (Wildman–Crippen LogP) is 7.78. The summed E-state index contributed by atoms with van der Waals surface area (Å²) >= 11 is 6.66. The number of hydrogen-bond acceptors (Lipinski definition) is 8. The molecule has 2 aliphatic carbocycles. The van der Waals surface area contributed by atoms with E-state index in [1.165, 1.54) is 28.8 Å². The number of fused-ring (bicyclic) bond motifs is 5.